The molecule has 0 saturated heterocycles. The highest BCUT2D eigenvalue weighted by Crippen LogP contribution is 2.47. The van der Waals surface area contributed by atoms with Crippen LogP contribution in [-0.4, -0.2) is 15.7 Å². The van der Waals surface area contributed by atoms with Crippen molar-refractivity contribution in [3.05, 3.63) is 168 Å². The maximum absolute atomic E-state index is 5.41. The van der Waals surface area contributed by atoms with E-state index in [9.17, 15) is 0 Å². The lowest BCUT2D eigenvalue weighted by Crippen LogP contribution is -2.37. The number of allylic oxidation sites excluding steroid dienone is 3. The molecule has 0 radical (unpaired) electrons. The Labute approximate surface area is 285 Å². The van der Waals surface area contributed by atoms with Gasteiger partial charge in [-0.1, -0.05) is 134 Å². The van der Waals surface area contributed by atoms with Crippen LogP contribution in [0.2, 0.25) is 0 Å². The molecule has 49 heavy (non-hydrogen) atoms. The second-order valence-electron chi connectivity index (χ2n) is 13.7. The van der Waals surface area contributed by atoms with Gasteiger partial charge in [0, 0.05) is 56.9 Å². The summed E-state index contributed by atoms with van der Waals surface area (Å²) in [6.07, 6.45) is 17.1. The molecule has 7 aromatic rings. The van der Waals surface area contributed by atoms with Crippen LogP contribution in [-0.2, 0) is 6.42 Å². The van der Waals surface area contributed by atoms with Gasteiger partial charge in [-0.2, -0.15) is 0 Å². The molecule has 5 aromatic carbocycles. The standard InChI is InChI=1S/C46H33N3/c1-46-26-24-32-9-8-27-47-44(32)45(46)48-28-25-39(46)31-20-16-29(17-21-31)30-18-22-33(23-19-30)43-42-37-13-5-3-11-35(37)34-10-2-4-12-36(34)41(42)38-14-6-7-15-40(38)49-43/h2-6,8-14,16-28,39H,7,15H2,1H3. The predicted molar refractivity (Wildman–Crippen MR) is 205 cm³/mol. The zero-order valence-corrected chi connectivity index (χ0v) is 27.3. The average molecular weight is 628 g/mol. The molecule has 0 spiro atoms. The zero-order chi connectivity index (χ0) is 32.5. The van der Waals surface area contributed by atoms with Crippen molar-refractivity contribution in [2.75, 3.05) is 0 Å². The molecule has 232 valence electrons. The number of aryl methyl sites for hydroxylation is 1. The van der Waals surface area contributed by atoms with Gasteiger partial charge in [-0.25, -0.2) is 0 Å². The van der Waals surface area contributed by atoms with E-state index in [0.29, 0.717) is 0 Å². The minimum Gasteiger partial charge on any atom is -0.258 e. The lowest BCUT2D eigenvalue weighted by Gasteiger charge is -2.39. The van der Waals surface area contributed by atoms with E-state index in [1.165, 1.54) is 60.3 Å². The first-order valence-electron chi connectivity index (χ1n) is 17.2. The van der Waals surface area contributed by atoms with Crippen LogP contribution in [0.5, 0.6) is 0 Å². The SMILES string of the molecule is CC12C=Cc3cccnc3C1=NC=CC2c1ccc(-c2ccc(-c3nc4c(c5c6ccccc6c6ccccc6c35)C=CCC4)cc2)cc1. The molecule has 10 rings (SSSR count). The number of benzene rings is 5. The summed E-state index contributed by atoms with van der Waals surface area (Å²) >= 11 is 0. The maximum Gasteiger partial charge on any atom is 0.0925 e. The van der Waals surface area contributed by atoms with E-state index in [1.807, 2.05) is 18.5 Å². The minimum atomic E-state index is -0.255. The first kappa shape index (κ1) is 28.1. The van der Waals surface area contributed by atoms with Gasteiger partial charge in [0.2, 0.25) is 0 Å². The molecule has 3 nitrogen and oxygen atoms in total. The molecule has 0 N–H and O–H groups in total. The van der Waals surface area contributed by atoms with Crippen molar-refractivity contribution in [3.63, 3.8) is 0 Å². The van der Waals surface area contributed by atoms with Gasteiger partial charge in [0.15, 0.2) is 0 Å². The van der Waals surface area contributed by atoms with E-state index in [-0.39, 0.29) is 11.3 Å². The number of rotatable bonds is 3. The summed E-state index contributed by atoms with van der Waals surface area (Å²) in [4.78, 5) is 14.9. The van der Waals surface area contributed by atoms with Crippen molar-refractivity contribution in [1.82, 2.24) is 9.97 Å². The summed E-state index contributed by atoms with van der Waals surface area (Å²) in [6, 6.07) is 39.8. The van der Waals surface area contributed by atoms with Crippen molar-refractivity contribution in [3.8, 4) is 22.4 Å². The molecule has 0 amide bonds. The Hall–Kier alpha value is -5.93. The molecule has 2 aromatic heterocycles. The first-order chi connectivity index (χ1) is 24.2. The number of aromatic nitrogens is 2. The van der Waals surface area contributed by atoms with Crippen LogP contribution >= 0.6 is 0 Å². The molecule has 2 atom stereocenters. The van der Waals surface area contributed by atoms with Crippen molar-refractivity contribution in [2.45, 2.75) is 25.7 Å². The molecule has 1 aliphatic heterocycles. The number of nitrogens with zero attached hydrogens (tertiary/aromatic N) is 3. The molecule has 0 fully saturated rings. The van der Waals surface area contributed by atoms with E-state index in [2.05, 4.69) is 140 Å². The van der Waals surface area contributed by atoms with Gasteiger partial charge in [0.05, 0.1) is 17.1 Å². The Balaban J connectivity index is 1.04. The highest BCUT2D eigenvalue weighted by atomic mass is 14.8. The molecule has 3 heteroatoms. The fourth-order valence-corrected chi connectivity index (χ4v) is 8.43. The molecule has 0 saturated carbocycles. The topological polar surface area (TPSA) is 38.1 Å². The number of pyridine rings is 2. The van der Waals surface area contributed by atoms with Crippen LogP contribution in [0, 0.1) is 5.41 Å². The minimum absolute atomic E-state index is 0.173. The third kappa shape index (κ3) is 4.25. The van der Waals surface area contributed by atoms with E-state index < -0.39 is 0 Å². The first-order valence-corrected chi connectivity index (χ1v) is 17.2. The van der Waals surface area contributed by atoms with Crippen LogP contribution < -0.4 is 0 Å². The van der Waals surface area contributed by atoms with Crippen LogP contribution in [0.3, 0.4) is 0 Å². The van der Waals surface area contributed by atoms with Gasteiger partial charge in [-0.3, -0.25) is 15.0 Å². The maximum atomic E-state index is 5.41. The smallest absolute Gasteiger partial charge is 0.0925 e. The van der Waals surface area contributed by atoms with E-state index in [1.54, 1.807) is 0 Å². The molecular weight excluding hydrogens is 595 g/mol. The Morgan fingerprint density at radius 2 is 1.33 bits per heavy atom. The quantitative estimate of drug-likeness (QED) is 0.183. The summed E-state index contributed by atoms with van der Waals surface area (Å²) < 4.78 is 0. The Bertz CT molecular complexity index is 2600. The van der Waals surface area contributed by atoms with Crippen molar-refractivity contribution >= 4 is 50.2 Å². The highest BCUT2D eigenvalue weighted by molar-refractivity contribution is 6.29. The van der Waals surface area contributed by atoms with Gasteiger partial charge in [0.1, 0.15) is 0 Å². The van der Waals surface area contributed by atoms with Gasteiger partial charge >= 0.3 is 0 Å². The zero-order valence-electron chi connectivity index (χ0n) is 27.3. The molecule has 3 aliphatic rings. The number of fused-ring (bicyclic) bond motifs is 11. The van der Waals surface area contributed by atoms with Crippen molar-refractivity contribution in [1.29, 1.82) is 0 Å². The van der Waals surface area contributed by atoms with Gasteiger partial charge in [-0.15, -0.1) is 0 Å². The van der Waals surface area contributed by atoms with E-state index >= 15 is 0 Å². The third-order valence-electron chi connectivity index (χ3n) is 10.9. The Morgan fingerprint density at radius 1 is 0.653 bits per heavy atom. The van der Waals surface area contributed by atoms with Crippen molar-refractivity contribution < 1.29 is 0 Å². The summed E-state index contributed by atoms with van der Waals surface area (Å²) in [5, 5.41) is 7.67. The van der Waals surface area contributed by atoms with Gasteiger partial charge in [0.25, 0.3) is 0 Å². The summed E-state index contributed by atoms with van der Waals surface area (Å²) in [6.45, 7) is 2.28. The van der Waals surface area contributed by atoms with Crippen molar-refractivity contribution in [2.24, 2.45) is 10.4 Å². The van der Waals surface area contributed by atoms with Crippen LogP contribution in [0.15, 0.2) is 145 Å². The lowest BCUT2D eigenvalue weighted by atomic mass is 9.65. The molecule has 2 unspecified atom stereocenters. The predicted octanol–water partition coefficient (Wildman–Crippen LogP) is 11.4. The van der Waals surface area contributed by atoms with Crippen LogP contribution in [0.4, 0.5) is 0 Å². The lowest BCUT2D eigenvalue weighted by molar-refractivity contribution is 0.520. The van der Waals surface area contributed by atoms with Gasteiger partial charge < -0.3 is 0 Å². The Morgan fingerprint density at radius 3 is 2.08 bits per heavy atom. The van der Waals surface area contributed by atoms with Gasteiger partial charge in [-0.05, 0) is 64.1 Å². The summed E-state index contributed by atoms with van der Waals surface area (Å²) in [5.41, 5.74) is 11.2. The summed E-state index contributed by atoms with van der Waals surface area (Å²) in [5.74, 6) is 0.173. The fourth-order valence-electron chi connectivity index (χ4n) is 8.43. The number of aliphatic imine (C=N–C) groups is 1. The van der Waals surface area contributed by atoms with Crippen LogP contribution in [0.25, 0.3) is 66.9 Å². The van der Waals surface area contributed by atoms with E-state index in [4.69, 9.17) is 15.0 Å². The normalized spacial score (nSPS) is 19.1. The Kier molecular flexibility index (Phi) is 6.20. The largest absolute Gasteiger partial charge is 0.258 e. The van der Waals surface area contributed by atoms with E-state index in [0.717, 1.165) is 41.1 Å². The number of hydrogen-bond acceptors (Lipinski definition) is 3. The molecule has 2 aliphatic carbocycles. The second kappa shape index (κ2) is 10.8. The molecule has 0 bridgehead atoms. The second-order valence-corrected chi connectivity index (χ2v) is 13.7. The number of hydrogen-bond donors (Lipinski definition) is 0. The summed E-state index contributed by atoms with van der Waals surface area (Å²) in [7, 11) is 0. The molecule has 3 heterocycles. The highest BCUT2D eigenvalue weighted by Gasteiger charge is 2.42. The fraction of sp³-hybridized carbons (Fsp3) is 0.109. The molecular formula is C46H33N3. The average Bonchev–Trinajstić information content (AvgIpc) is 3.17. The van der Waals surface area contributed by atoms with Crippen LogP contribution in [0.1, 0.15) is 47.3 Å². The monoisotopic (exact) mass is 627 g/mol. The third-order valence-corrected chi connectivity index (χ3v) is 10.9.